The van der Waals surface area contributed by atoms with E-state index in [1.807, 2.05) is 6.92 Å². The fourth-order valence-corrected chi connectivity index (χ4v) is 12.0. The minimum atomic E-state index is -4.30. The van der Waals surface area contributed by atoms with Crippen molar-refractivity contribution in [1.29, 1.82) is 0 Å². The lowest BCUT2D eigenvalue weighted by Crippen LogP contribution is -2.71. The summed E-state index contributed by atoms with van der Waals surface area (Å²) in [6.45, 7) is 7.67. The summed E-state index contributed by atoms with van der Waals surface area (Å²) in [7, 11) is -4.30. The van der Waals surface area contributed by atoms with Crippen LogP contribution in [0, 0.1) is 28.6 Å². The first kappa shape index (κ1) is 56.9. The molecule has 0 spiro atoms. The zero-order valence-corrected chi connectivity index (χ0v) is 42.4. The van der Waals surface area contributed by atoms with E-state index < -0.39 is 146 Å². The Hall–Kier alpha value is -5.40. The lowest BCUT2D eigenvalue weighted by molar-refractivity contribution is -0.234. The van der Waals surface area contributed by atoms with E-state index >= 15 is 8.78 Å². The van der Waals surface area contributed by atoms with Gasteiger partial charge < -0.3 is 57.4 Å². The Morgan fingerprint density at radius 1 is 0.973 bits per heavy atom. The number of Topliss-reactive ketones (excluding diaryl/α,β-unsaturated/α-hetero) is 1. The molecule has 1 aliphatic heterocycles. The first-order valence-corrected chi connectivity index (χ1v) is 26.3. The lowest BCUT2D eigenvalue weighted by atomic mass is 9.44. The summed E-state index contributed by atoms with van der Waals surface area (Å²) in [6.07, 6.45) is -0.790. The maximum Gasteiger partial charge on any atom is 0.312 e. The minimum Gasteiger partial charge on any atom is -0.486 e. The maximum atomic E-state index is 17.9. The van der Waals surface area contributed by atoms with Crippen molar-refractivity contribution in [3.8, 4) is 5.75 Å². The number of alkyl halides is 2. The number of fused-ring (bicyclic) bond motifs is 7. The minimum absolute atomic E-state index is 0.00739. The second-order valence-corrected chi connectivity index (χ2v) is 22.1. The number of ether oxygens (including phenoxy) is 3. The molecule has 1 heterocycles. The Kier molecular flexibility index (Phi) is 17.6. The Bertz CT molecular complexity index is 2460. The molecule has 24 heteroatoms. The number of ketones is 2. The van der Waals surface area contributed by atoms with E-state index in [1.165, 1.54) is 43.3 Å². The van der Waals surface area contributed by atoms with Gasteiger partial charge in [0, 0.05) is 41.9 Å². The van der Waals surface area contributed by atoms with E-state index in [-0.39, 0.29) is 75.0 Å². The third-order valence-electron chi connectivity index (χ3n) is 15.4. The molecule has 21 nitrogen and oxygen atoms in total. The Labute approximate surface area is 422 Å². The van der Waals surface area contributed by atoms with Crippen molar-refractivity contribution in [3.63, 3.8) is 0 Å². The average Bonchev–Trinajstić information content (AvgIpc) is 3.80. The highest BCUT2D eigenvalue weighted by molar-refractivity contribution is 7.85. The summed E-state index contributed by atoms with van der Waals surface area (Å²) in [6, 6.07) is 1.50. The number of primary amides is 1. The van der Waals surface area contributed by atoms with Crippen LogP contribution in [-0.4, -0.2) is 139 Å². The van der Waals surface area contributed by atoms with Gasteiger partial charge in [-0.05, 0) is 106 Å². The summed E-state index contributed by atoms with van der Waals surface area (Å²) in [5.74, 6) is -6.52. The molecule has 0 radical (unpaired) electrons. The van der Waals surface area contributed by atoms with Gasteiger partial charge in [0.2, 0.25) is 29.4 Å². The molecule has 5 aliphatic rings. The van der Waals surface area contributed by atoms with Gasteiger partial charge in [0.15, 0.2) is 23.3 Å². The second kappa shape index (κ2) is 22.6. The molecule has 6 amide bonds. The molecule has 13 atom stereocenters. The molecule has 11 N–H and O–H groups in total. The monoisotopic (exact) mass is 1050 g/mol. The highest BCUT2D eigenvalue weighted by Crippen LogP contribution is 2.72. The summed E-state index contributed by atoms with van der Waals surface area (Å²) in [4.78, 5) is 91.0. The number of carbonyl (C=O) groups is 7. The fraction of sp³-hybridized carbons (Fsp3) is 0.653. The number of nitrogens with one attached hydrogen (secondary N) is 5. The molecule has 73 heavy (non-hydrogen) atoms. The van der Waals surface area contributed by atoms with Gasteiger partial charge in [-0.25, -0.2) is 13.6 Å². The number of anilines is 1. The first-order chi connectivity index (χ1) is 34.2. The quantitative estimate of drug-likeness (QED) is 0.0559. The number of rotatable bonds is 23. The fourth-order valence-electron chi connectivity index (χ4n) is 11.7. The largest absolute Gasteiger partial charge is 0.486 e. The molecule has 4 aliphatic carbocycles. The van der Waals surface area contributed by atoms with Crippen LogP contribution < -0.4 is 42.8 Å². The van der Waals surface area contributed by atoms with Crippen LogP contribution in [0.2, 0.25) is 0 Å². The number of allylic oxidation sites excluding steroid dienone is 4. The van der Waals surface area contributed by atoms with Crippen molar-refractivity contribution in [2.45, 2.75) is 146 Å². The average molecular weight is 1050 g/mol. The molecule has 4 fully saturated rings. The van der Waals surface area contributed by atoms with Crippen LogP contribution in [-0.2, 0) is 48.4 Å². The smallest absolute Gasteiger partial charge is 0.312 e. The summed E-state index contributed by atoms with van der Waals surface area (Å²) in [5, 5.41) is 24.6. The van der Waals surface area contributed by atoms with Crippen molar-refractivity contribution in [1.82, 2.24) is 21.3 Å². The van der Waals surface area contributed by atoms with Crippen LogP contribution in [0.4, 0.5) is 19.3 Å². The number of benzene rings is 1. The molecule has 1 saturated heterocycles. The lowest BCUT2D eigenvalue weighted by Gasteiger charge is -2.63. The van der Waals surface area contributed by atoms with Crippen LogP contribution in [0.3, 0.4) is 0 Å². The van der Waals surface area contributed by atoms with Gasteiger partial charge in [-0.15, -0.1) is 0 Å². The molecule has 1 aromatic rings. The number of aliphatic hydroxyl groups excluding tert-OH is 1. The number of carbonyl (C=O) groups excluding carboxylic acids is 7. The normalized spacial score (nSPS) is 31.3. The molecule has 0 aromatic heterocycles. The van der Waals surface area contributed by atoms with Gasteiger partial charge in [0.25, 0.3) is 10.1 Å². The van der Waals surface area contributed by atoms with Gasteiger partial charge in [-0.3, -0.25) is 33.3 Å². The first-order valence-electron chi connectivity index (χ1n) is 24.7. The number of urea groups is 1. The number of hydrogen-bond donors (Lipinski definition) is 9. The standard InChI is InChI=1S/C49H69F2N7O14S/c1-6-8-40-71-38-23-30-31-22-33(50)32-21-28(59)16-17-46(32,4)48(31,51)36(60)24-47(30,5)49(38,72-40)37(61)25-70-29-12-10-27(11-13-29)56-43(64)35(9-7-18-55-45(53)66)57-44(65)41(26(2)3)58-42(63)34(52)14-15-39(62)54-19-20-73(67,68)69/h10-13,16-17,21,26,30-31,33-36,38,40-41,60H,6-9,14-15,18-20,22-25,52H2,1-5H3,(H,54,62)(H,56,64)(H,57,65)(H,58,63)(H3,53,55,66)(H,67,68,69)/t30-,31-,33-,34+,35-,36-,38+,40?,41-,46-,47-,48-,49+/m0/s1. The van der Waals surface area contributed by atoms with Gasteiger partial charge in [0.05, 0.1) is 24.0 Å². The number of aliphatic hydroxyl groups is 1. The highest BCUT2D eigenvalue weighted by Gasteiger charge is 2.80. The van der Waals surface area contributed by atoms with Crippen LogP contribution in [0.5, 0.6) is 5.75 Å². The van der Waals surface area contributed by atoms with Gasteiger partial charge in [-0.1, -0.05) is 40.2 Å². The predicted octanol–water partition coefficient (Wildman–Crippen LogP) is 1.97. The van der Waals surface area contributed by atoms with Crippen LogP contribution in [0.25, 0.3) is 0 Å². The van der Waals surface area contributed by atoms with Crippen molar-refractivity contribution in [2.24, 2.45) is 40.1 Å². The van der Waals surface area contributed by atoms with Crippen molar-refractivity contribution < 1.29 is 74.6 Å². The van der Waals surface area contributed by atoms with E-state index in [0.29, 0.717) is 12.8 Å². The molecule has 404 valence electrons. The zero-order valence-electron chi connectivity index (χ0n) is 41.6. The Balaban J connectivity index is 1.11. The number of amides is 6. The SMILES string of the molecule is CCCC1O[C@@H]2C[C@H]3[C@@H]4C[C@H](F)C5=CC(=O)C=C[C@]5(C)[C@@]4(F)[C@@H](O)C[C@]3(C)[C@]2(C(=O)COc2ccc(NC(=O)[C@H](CCCNC(N)=O)NC(=O)[C@@H](NC(=O)[C@H](N)CCC(=O)NCCS(=O)(=O)O)C(C)C)cc2)O1. The topological polar surface area (TPSA) is 334 Å². The Morgan fingerprint density at radius 3 is 2.32 bits per heavy atom. The molecule has 6 rings (SSSR count). The third kappa shape index (κ3) is 11.8. The van der Waals surface area contributed by atoms with E-state index in [4.69, 9.17) is 30.2 Å². The van der Waals surface area contributed by atoms with Crippen LogP contribution >= 0.6 is 0 Å². The summed E-state index contributed by atoms with van der Waals surface area (Å²) < 4.78 is 83.7. The van der Waals surface area contributed by atoms with Crippen LogP contribution in [0.1, 0.15) is 92.4 Å². The van der Waals surface area contributed by atoms with Gasteiger partial charge >= 0.3 is 6.03 Å². The van der Waals surface area contributed by atoms with E-state index in [0.717, 1.165) is 6.08 Å². The maximum absolute atomic E-state index is 17.9. The second-order valence-electron chi connectivity index (χ2n) is 20.5. The summed E-state index contributed by atoms with van der Waals surface area (Å²) in [5.41, 5.74) is 4.53. The van der Waals surface area contributed by atoms with Crippen molar-refractivity contribution in [3.05, 3.63) is 48.1 Å². The van der Waals surface area contributed by atoms with Gasteiger partial charge in [-0.2, -0.15) is 8.42 Å². The number of nitrogens with two attached hydrogens (primary N) is 2. The van der Waals surface area contributed by atoms with E-state index in [1.54, 1.807) is 20.8 Å². The summed E-state index contributed by atoms with van der Waals surface area (Å²) >= 11 is 0. The highest BCUT2D eigenvalue weighted by atomic mass is 32.2. The molecule has 1 unspecified atom stereocenters. The molecule has 3 saturated carbocycles. The van der Waals surface area contributed by atoms with Gasteiger partial charge in [0.1, 0.15) is 30.6 Å². The Morgan fingerprint density at radius 2 is 1.67 bits per heavy atom. The van der Waals surface area contributed by atoms with Crippen molar-refractivity contribution >= 4 is 57.0 Å². The number of halogens is 2. The number of hydrogen-bond acceptors (Lipinski definition) is 14. The molecular weight excluding hydrogens is 981 g/mol. The molecule has 1 aromatic carbocycles. The van der Waals surface area contributed by atoms with E-state index in [2.05, 4.69) is 26.6 Å². The molecular formula is C49H69F2N7O14S. The van der Waals surface area contributed by atoms with E-state index in [9.17, 15) is 47.1 Å². The predicted molar refractivity (Wildman–Crippen MR) is 259 cm³/mol. The zero-order chi connectivity index (χ0) is 53.8. The third-order valence-corrected chi connectivity index (χ3v) is 16.1. The van der Waals surface area contributed by atoms with Crippen molar-refractivity contribution in [2.75, 3.05) is 30.8 Å². The van der Waals surface area contributed by atoms with Crippen LogP contribution in [0.15, 0.2) is 48.1 Å². The molecule has 0 bridgehead atoms.